The Kier molecular flexibility index (Phi) is 7.24. The fourth-order valence-electron chi connectivity index (χ4n) is 2.20. The Hall–Kier alpha value is -0.870. The molecular weight excluding hydrogens is 316 g/mol. The summed E-state index contributed by atoms with van der Waals surface area (Å²) in [5.41, 5.74) is 1.17. The van der Waals surface area contributed by atoms with Gasteiger partial charge in [0.05, 0.1) is 6.04 Å². The van der Waals surface area contributed by atoms with Crippen molar-refractivity contribution in [2.75, 3.05) is 0 Å². The molecule has 20 heavy (non-hydrogen) atoms. The maximum absolute atomic E-state index is 12.1. The topological polar surface area (TPSA) is 41.1 Å². The van der Waals surface area contributed by atoms with Crippen molar-refractivity contribution in [2.24, 2.45) is 0 Å². The van der Waals surface area contributed by atoms with Gasteiger partial charge in [0, 0.05) is 16.6 Å². The minimum atomic E-state index is -0.205. The number of hydrogen-bond acceptors (Lipinski definition) is 2. The van der Waals surface area contributed by atoms with Gasteiger partial charge in [0.15, 0.2) is 0 Å². The predicted octanol–water partition coefficient (Wildman–Crippen LogP) is 3.79. The molecule has 0 saturated carbocycles. The number of nitrogens with one attached hydrogen (secondary N) is 2. The Balaban J connectivity index is 2.52. The first-order valence-electron chi connectivity index (χ1n) is 7.26. The zero-order chi connectivity index (χ0) is 15.1. The monoisotopic (exact) mass is 340 g/mol. The van der Waals surface area contributed by atoms with Crippen LogP contribution in [-0.4, -0.2) is 18.0 Å². The lowest BCUT2D eigenvalue weighted by molar-refractivity contribution is -0.123. The number of benzene rings is 1. The van der Waals surface area contributed by atoms with E-state index in [-0.39, 0.29) is 24.0 Å². The smallest absolute Gasteiger partial charge is 0.237 e. The molecule has 0 bridgehead atoms. The quantitative estimate of drug-likeness (QED) is 0.792. The van der Waals surface area contributed by atoms with Crippen LogP contribution in [0.4, 0.5) is 0 Å². The number of hydrogen-bond donors (Lipinski definition) is 2. The standard InChI is InChI=1S/C16H25BrN2O/c1-5-7-11(2)18-16(20)13(4)19-12(3)14-8-6-9-15(17)10-14/h6,8-13,19H,5,7H2,1-4H3,(H,18,20)/t11?,12-,13?/m0/s1. The molecule has 112 valence electrons. The van der Waals surface area contributed by atoms with Crippen LogP contribution >= 0.6 is 15.9 Å². The molecule has 3 nitrogen and oxygen atoms in total. The number of carbonyl (C=O) groups excluding carboxylic acids is 1. The van der Waals surface area contributed by atoms with E-state index in [9.17, 15) is 4.79 Å². The van der Waals surface area contributed by atoms with Crippen LogP contribution in [0.3, 0.4) is 0 Å². The molecule has 0 aromatic heterocycles. The molecular formula is C16H25BrN2O. The highest BCUT2D eigenvalue weighted by molar-refractivity contribution is 9.10. The summed E-state index contributed by atoms with van der Waals surface area (Å²) < 4.78 is 1.05. The summed E-state index contributed by atoms with van der Waals surface area (Å²) in [5.74, 6) is 0.0628. The third-order valence-corrected chi connectivity index (χ3v) is 3.85. The van der Waals surface area contributed by atoms with Crippen LogP contribution in [-0.2, 0) is 4.79 Å². The molecule has 1 aromatic rings. The lowest BCUT2D eigenvalue weighted by atomic mass is 10.1. The van der Waals surface area contributed by atoms with E-state index >= 15 is 0 Å². The molecule has 1 amide bonds. The largest absolute Gasteiger partial charge is 0.352 e. The highest BCUT2D eigenvalue weighted by Crippen LogP contribution is 2.18. The number of rotatable bonds is 7. The average molecular weight is 341 g/mol. The molecule has 0 aliphatic rings. The maximum atomic E-state index is 12.1. The first kappa shape index (κ1) is 17.2. The zero-order valence-electron chi connectivity index (χ0n) is 12.7. The Morgan fingerprint density at radius 3 is 2.60 bits per heavy atom. The SMILES string of the molecule is CCCC(C)NC(=O)C(C)N[C@@H](C)c1cccc(Br)c1. The van der Waals surface area contributed by atoms with Gasteiger partial charge in [-0.2, -0.15) is 0 Å². The molecule has 0 aliphatic heterocycles. The summed E-state index contributed by atoms with van der Waals surface area (Å²) in [6.45, 7) is 8.15. The van der Waals surface area contributed by atoms with Crippen LogP contribution < -0.4 is 10.6 Å². The van der Waals surface area contributed by atoms with Gasteiger partial charge >= 0.3 is 0 Å². The molecule has 3 atom stereocenters. The van der Waals surface area contributed by atoms with Crippen molar-refractivity contribution in [3.05, 3.63) is 34.3 Å². The summed E-state index contributed by atoms with van der Waals surface area (Å²) in [6, 6.07) is 8.30. The van der Waals surface area contributed by atoms with Gasteiger partial charge in [-0.15, -0.1) is 0 Å². The van der Waals surface area contributed by atoms with E-state index < -0.39 is 0 Å². The molecule has 1 rings (SSSR count). The van der Waals surface area contributed by atoms with Crippen molar-refractivity contribution in [1.82, 2.24) is 10.6 Å². The molecule has 2 unspecified atom stereocenters. The third-order valence-electron chi connectivity index (χ3n) is 3.35. The second kappa shape index (κ2) is 8.42. The first-order chi connectivity index (χ1) is 9.43. The van der Waals surface area contributed by atoms with Gasteiger partial charge in [-0.25, -0.2) is 0 Å². The van der Waals surface area contributed by atoms with Crippen LogP contribution in [0.25, 0.3) is 0 Å². The van der Waals surface area contributed by atoms with Gasteiger partial charge in [-0.3, -0.25) is 10.1 Å². The van der Waals surface area contributed by atoms with E-state index in [1.807, 2.05) is 26.0 Å². The molecule has 1 aromatic carbocycles. The van der Waals surface area contributed by atoms with Gasteiger partial charge in [0.25, 0.3) is 0 Å². The summed E-state index contributed by atoms with van der Waals surface area (Å²) in [5, 5.41) is 6.38. The molecule has 2 N–H and O–H groups in total. The van der Waals surface area contributed by atoms with E-state index in [0.29, 0.717) is 0 Å². The Morgan fingerprint density at radius 2 is 2.00 bits per heavy atom. The normalized spacial score (nSPS) is 15.4. The molecule has 0 spiro atoms. The molecule has 0 radical (unpaired) electrons. The van der Waals surface area contributed by atoms with Gasteiger partial charge in [0.2, 0.25) is 5.91 Å². The lowest BCUT2D eigenvalue weighted by Gasteiger charge is -2.22. The van der Waals surface area contributed by atoms with Gasteiger partial charge in [-0.1, -0.05) is 41.4 Å². The van der Waals surface area contributed by atoms with Crippen molar-refractivity contribution < 1.29 is 4.79 Å². The molecule has 4 heteroatoms. The van der Waals surface area contributed by atoms with E-state index in [4.69, 9.17) is 0 Å². The Bertz CT molecular complexity index is 436. The number of halogens is 1. The van der Waals surface area contributed by atoms with Crippen molar-refractivity contribution in [1.29, 1.82) is 0 Å². The predicted molar refractivity (Wildman–Crippen MR) is 87.7 cm³/mol. The minimum Gasteiger partial charge on any atom is -0.352 e. The van der Waals surface area contributed by atoms with Crippen molar-refractivity contribution in [3.8, 4) is 0 Å². The van der Waals surface area contributed by atoms with E-state index in [0.717, 1.165) is 17.3 Å². The average Bonchev–Trinajstić information content (AvgIpc) is 2.38. The molecule has 0 fully saturated rings. The van der Waals surface area contributed by atoms with Crippen LogP contribution in [0.1, 0.15) is 52.1 Å². The van der Waals surface area contributed by atoms with E-state index in [1.54, 1.807) is 0 Å². The van der Waals surface area contributed by atoms with E-state index in [2.05, 4.69) is 52.5 Å². The highest BCUT2D eigenvalue weighted by Gasteiger charge is 2.17. The Labute approximate surface area is 130 Å². The van der Waals surface area contributed by atoms with Gasteiger partial charge < -0.3 is 5.32 Å². The second-order valence-electron chi connectivity index (χ2n) is 5.36. The summed E-state index contributed by atoms with van der Waals surface area (Å²) >= 11 is 3.47. The lowest BCUT2D eigenvalue weighted by Crippen LogP contribution is -2.46. The van der Waals surface area contributed by atoms with Crippen molar-refractivity contribution in [3.63, 3.8) is 0 Å². The van der Waals surface area contributed by atoms with Crippen LogP contribution in [0, 0.1) is 0 Å². The minimum absolute atomic E-state index is 0.0628. The number of carbonyl (C=O) groups is 1. The summed E-state index contributed by atoms with van der Waals surface area (Å²) in [7, 11) is 0. The van der Waals surface area contributed by atoms with Crippen molar-refractivity contribution >= 4 is 21.8 Å². The molecule has 0 heterocycles. The Morgan fingerprint density at radius 1 is 1.30 bits per heavy atom. The fraction of sp³-hybridized carbons (Fsp3) is 0.562. The van der Waals surface area contributed by atoms with Crippen molar-refractivity contribution in [2.45, 2.75) is 58.7 Å². The molecule has 0 aliphatic carbocycles. The van der Waals surface area contributed by atoms with Gasteiger partial charge in [-0.05, 0) is 44.9 Å². The summed E-state index contributed by atoms with van der Waals surface area (Å²) in [6.07, 6.45) is 2.09. The van der Waals surface area contributed by atoms with Crippen LogP contribution in [0.5, 0.6) is 0 Å². The first-order valence-corrected chi connectivity index (χ1v) is 8.05. The van der Waals surface area contributed by atoms with Crippen LogP contribution in [0.15, 0.2) is 28.7 Å². The third kappa shape index (κ3) is 5.63. The molecule has 0 saturated heterocycles. The zero-order valence-corrected chi connectivity index (χ0v) is 14.3. The summed E-state index contributed by atoms with van der Waals surface area (Å²) in [4.78, 5) is 12.1. The second-order valence-corrected chi connectivity index (χ2v) is 6.28. The fourth-order valence-corrected chi connectivity index (χ4v) is 2.61. The number of amides is 1. The highest BCUT2D eigenvalue weighted by atomic mass is 79.9. The van der Waals surface area contributed by atoms with Gasteiger partial charge in [0.1, 0.15) is 0 Å². The van der Waals surface area contributed by atoms with Crippen LogP contribution in [0.2, 0.25) is 0 Å². The van der Waals surface area contributed by atoms with E-state index in [1.165, 1.54) is 5.56 Å². The maximum Gasteiger partial charge on any atom is 0.237 e.